The number of benzene rings is 1. The summed E-state index contributed by atoms with van der Waals surface area (Å²) >= 11 is 0. The Morgan fingerprint density at radius 1 is 1.28 bits per heavy atom. The number of aliphatic carboxylic acids is 1. The van der Waals surface area contributed by atoms with Crippen molar-refractivity contribution in [2.45, 2.75) is 25.7 Å². The number of carbonyl (C=O) groups is 2. The van der Waals surface area contributed by atoms with Gasteiger partial charge in [0.1, 0.15) is 0 Å². The van der Waals surface area contributed by atoms with Crippen LogP contribution in [0.4, 0.5) is 5.69 Å². The summed E-state index contributed by atoms with van der Waals surface area (Å²) in [6, 6.07) is 7.64. The zero-order valence-corrected chi connectivity index (χ0v) is 10.3. The van der Waals surface area contributed by atoms with Gasteiger partial charge in [-0.1, -0.05) is 12.1 Å². The van der Waals surface area contributed by atoms with Crippen molar-refractivity contribution < 1.29 is 14.7 Å². The molecule has 0 bridgehead atoms. The van der Waals surface area contributed by atoms with Crippen LogP contribution >= 0.6 is 0 Å². The minimum Gasteiger partial charge on any atom is -0.481 e. The van der Waals surface area contributed by atoms with Gasteiger partial charge in [0.15, 0.2) is 5.78 Å². The van der Waals surface area contributed by atoms with Gasteiger partial charge < -0.3 is 10.0 Å². The molecule has 0 aliphatic carbocycles. The van der Waals surface area contributed by atoms with Crippen LogP contribution in [0, 0.1) is 0 Å². The Hall–Kier alpha value is -1.84. The number of ketones is 1. The Labute approximate surface area is 106 Å². The molecule has 4 heteroatoms. The second kappa shape index (κ2) is 5.67. The van der Waals surface area contributed by atoms with Crippen molar-refractivity contribution in [2.24, 2.45) is 0 Å². The molecule has 18 heavy (non-hydrogen) atoms. The van der Waals surface area contributed by atoms with Gasteiger partial charge in [-0.3, -0.25) is 9.59 Å². The number of anilines is 1. The molecule has 0 fully saturated rings. The van der Waals surface area contributed by atoms with E-state index in [1.165, 1.54) is 0 Å². The Bertz CT molecular complexity index is 456. The standard InChI is InChI=1S/C14H17NO3/c16-13-8-10-15(9-4-3-7-14(17)18)12-6-2-1-5-11(12)13/h1-2,5-6H,3-4,7-10H2,(H,17,18). The molecule has 2 rings (SSSR count). The molecule has 4 nitrogen and oxygen atoms in total. The highest BCUT2D eigenvalue weighted by Crippen LogP contribution is 2.26. The number of carbonyl (C=O) groups excluding carboxylic acids is 1. The van der Waals surface area contributed by atoms with Gasteiger partial charge in [0.05, 0.1) is 0 Å². The third kappa shape index (κ3) is 2.88. The number of rotatable bonds is 5. The summed E-state index contributed by atoms with van der Waals surface area (Å²) in [6.07, 6.45) is 2.29. The predicted molar refractivity (Wildman–Crippen MR) is 69.1 cm³/mol. The van der Waals surface area contributed by atoms with E-state index in [2.05, 4.69) is 4.90 Å². The topological polar surface area (TPSA) is 57.6 Å². The molecule has 0 radical (unpaired) electrons. The highest BCUT2D eigenvalue weighted by atomic mass is 16.4. The van der Waals surface area contributed by atoms with Crippen LogP contribution in [0.1, 0.15) is 36.0 Å². The maximum Gasteiger partial charge on any atom is 0.303 e. The van der Waals surface area contributed by atoms with Gasteiger partial charge in [-0.2, -0.15) is 0 Å². The molecule has 0 saturated heterocycles. The highest BCUT2D eigenvalue weighted by molar-refractivity contribution is 6.03. The maximum atomic E-state index is 11.7. The van der Waals surface area contributed by atoms with Crippen LogP contribution in [-0.4, -0.2) is 29.9 Å². The number of carboxylic acid groups (broad SMARTS) is 1. The van der Waals surface area contributed by atoms with Crippen molar-refractivity contribution in [3.8, 4) is 0 Å². The SMILES string of the molecule is O=C(O)CCCCN1CCC(=O)c2ccccc21. The predicted octanol–water partition coefficient (Wildman–Crippen LogP) is 2.33. The van der Waals surface area contributed by atoms with Gasteiger partial charge in [0.2, 0.25) is 0 Å². The molecule has 1 aliphatic heterocycles. The fourth-order valence-corrected chi connectivity index (χ4v) is 2.29. The molecule has 1 aromatic carbocycles. The van der Waals surface area contributed by atoms with Crippen LogP contribution in [0.3, 0.4) is 0 Å². The van der Waals surface area contributed by atoms with E-state index in [1.807, 2.05) is 24.3 Å². The van der Waals surface area contributed by atoms with E-state index in [4.69, 9.17) is 5.11 Å². The number of fused-ring (bicyclic) bond motifs is 1. The van der Waals surface area contributed by atoms with Gasteiger partial charge >= 0.3 is 5.97 Å². The lowest BCUT2D eigenvalue weighted by molar-refractivity contribution is -0.137. The number of hydrogen-bond donors (Lipinski definition) is 1. The molecule has 0 atom stereocenters. The Balaban J connectivity index is 1.96. The molecule has 1 aromatic rings. The smallest absolute Gasteiger partial charge is 0.303 e. The molecule has 1 heterocycles. The first-order valence-corrected chi connectivity index (χ1v) is 6.27. The molecule has 0 spiro atoms. The summed E-state index contributed by atoms with van der Waals surface area (Å²) in [4.78, 5) is 24.4. The normalized spacial score (nSPS) is 14.4. The second-order valence-electron chi connectivity index (χ2n) is 4.53. The molecule has 0 unspecified atom stereocenters. The fraction of sp³-hybridized carbons (Fsp3) is 0.429. The van der Waals surface area contributed by atoms with E-state index in [-0.39, 0.29) is 12.2 Å². The van der Waals surface area contributed by atoms with Crippen molar-refractivity contribution in [1.82, 2.24) is 0 Å². The lowest BCUT2D eigenvalue weighted by Crippen LogP contribution is -2.32. The van der Waals surface area contributed by atoms with Gasteiger partial charge in [-0.15, -0.1) is 0 Å². The average Bonchev–Trinajstić information content (AvgIpc) is 2.37. The summed E-state index contributed by atoms with van der Waals surface area (Å²) in [5, 5.41) is 8.58. The first-order valence-electron chi connectivity index (χ1n) is 6.27. The van der Waals surface area contributed by atoms with Gasteiger partial charge in [0.25, 0.3) is 0 Å². The minimum atomic E-state index is -0.746. The van der Waals surface area contributed by atoms with Crippen LogP contribution in [0.15, 0.2) is 24.3 Å². The van der Waals surface area contributed by atoms with Crippen molar-refractivity contribution >= 4 is 17.4 Å². The zero-order chi connectivity index (χ0) is 13.0. The van der Waals surface area contributed by atoms with Crippen molar-refractivity contribution in [1.29, 1.82) is 0 Å². The number of hydrogen-bond acceptors (Lipinski definition) is 3. The van der Waals surface area contributed by atoms with E-state index in [9.17, 15) is 9.59 Å². The summed E-state index contributed by atoms with van der Waals surface area (Å²) in [7, 11) is 0. The molecule has 1 aliphatic rings. The molecule has 0 aromatic heterocycles. The Morgan fingerprint density at radius 2 is 2.06 bits per heavy atom. The number of para-hydroxylation sites is 1. The zero-order valence-electron chi connectivity index (χ0n) is 10.3. The van der Waals surface area contributed by atoms with Crippen LogP contribution in [0.2, 0.25) is 0 Å². The van der Waals surface area contributed by atoms with Crippen LogP contribution < -0.4 is 4.90 Å². The van der Waals surface area contributed by atoms with E-state index in [1.54, 1.807) is 0 Å². The number of nitrogens with zero attached hydrogens (tertiary/aromatic N) is 1. The number of carboxylic acids is 1. The number of unbranched alkanes of at least 4 members (excludes halogenated alkanes) is 1. The molecular weight excluding hydrogens is 230 g/mol. The van der Waals surface area contributed by atoms with Crippen LogP contribution in [0.25, 0.3) is 0 Å². The summed E-state index contributed by atoms with van der Waals surface area (Å²) in [6.45, 7) is 1.56. The molecule has 0 saturated carbocycles. The highest BCUT2D eigenvalue weighted by Gasteiger charge is 2.21. The van der Waals surface area contributed by atoms with Crippen LogP contribution in [-0.2, 0) is 4.79 Å². The lowest BCUT2D eigenvalue weighted by Gasteiger charge is -2.30. The third-order valence-electron chi connectivity index (χ3n) is 3.22. The largest absolute Gasteiger partial charge is 0.481 e. The van der Waals surface area contributed by atoms with Crippen molar-refractivity contribution in [3.63, 3.8) is 0 Å². The lowest BCUT2D eigenvalue weighted by atomic mass is 10.00. The van der Waals surface area contributed by atoms with Gasteiger partial charge in [-0.05, 0) is 25.0 Å². The third-order valence-corrected chi connectivity index (χ3v) is 3.22. The van der Waals surface area contributed by atoms with E-state index in [0.29, 0.717) is 12.8 Å². The average molecular weight is 247 g/mol. The number of Topliss-reactive ketones (excluding diaryl/α,β-unsaturated/α-hetero) is 1. The second-order valence-corrected chi connectivity index (χ2v) is 4.53. The Kier molecular flexibility index (Phi) is 3.97. The minimum absolute atomic E-state index is 0.201. The first kappa shape index (κ1) is 12.6. The molecule has 0 amide bonds. The fourth-order valence-electron chi connectivity index (χ4n) is 2.29. The van der Waals surface area contributed by atoms with Gasteiger partial charge in [-0.25, -0.2) is 0 Å². The van der Waals surface area contributed by atoms with E-state index >= 15 is 0 Å². The van der Waals surface area contributed by atoms with E-state index < -0.39 is 5.97 Å². The molecular formula is C14H17NO3. The van der Waals surface area contributed by atoms with E-state index in [0.717, 1.165) is 30.8 Å². The maximum absolute atomic E-state index is 11.7. The summed E-state index contributed by atoms with van der Waals surface area (Å²) in [5.74, 6) is -0.545. The summed E-state index contributed by atoms with van der Waals surface area (Å²) in [5.41, 5.74) is 1.78. The van der Waals surface area contributed by atoms with Gasteiger partial charge in [0, 0.05) is 37.2 Å². The summed E-state index contributed by atoms with van der Waals surface area (Å²) < 4.78 is 0. The Morgan fingerprint density at radius 3 is 2.83 bits per heavy atom. The first-order chi connectivity index (χ1) is 8.68. The quantitative estimate of drug-likeness (QED) is 0.811. The van der Waals surface area contributed by atoms with Crippen molar-refractivity contribution in [2.75, 3.05) is 18.0 Å². The molecule has 1 N–H and O–H groups in total. The van der Waals surface area contributed by atoms with Crippen LogP contribution in [0.5, 0.6) is 0 Å². The monoisotopic (exact) mass is 247 g/mol. The molecule has 96 valence electrons. The van der Waals surface area contributed by atoms with Crippen molar-refractivity contribution in [3.05, 3.63) is 29.8 Å².